The van der Waals surface area contributed by atoms with Crippen molar-refractivity contribution in [2.24, 2.45) is 5.92 Å². The Morgan fingerprint density at radius 3 is 2.92 bits per heavy atom. The number of hydrogen-bond acceptors (Lipinski definition) is 6. The van der Waals surface area contributed by atoms with Crippen molar-refractivity contribution in [1.82, 2.24) is 15.5 Å². The van der Waals surface area contributed by atoms with E-state index in [1.807, 2.05) is 24.3 Å². The van der Waals surface area contributed by atoms with E-state index >= 15 is 0 Å². The Hall–Kier alpha value is -1.70. The van der Waals surface area contributed by atoms with Crippen molar-refractivity contribution < 1.29 is 9.53 Å². The quantitative estimate of drug-likeness (QED) is 0.848. The Morgan fingerprint density at radius 2 is 2.17 bits per heavy atom. The summed E-state index contributed by atoms with van der Waals surface area (Å²) in [6.07, 6.45) is 2.43. The van der Waals surface area contributed by atoms with Crippen LogP contribution in [-0.2, 0) is 11.2 Å². The highest BCUT2D eigenvalue weighted by atomic mass is 35.5. The van der Waals surface area contributed by atoms with Crippen LogP contribution in [0.3, 0.4) is 0 Å². The number of aromatic nitrogens is 2. The van der Waals surface area contributed by atoms with Gasteiger partial charge in [0.15, 0.2) is 0 Å². The van der Waals surface area contributed by atoms with Gasteiger partial charge in [-0.3, -0.25) is 4.79 Å². The van der Waals surface area contributed by atoms with Crippen molar-refractivity contribution in [3.63, 3.8) is 0 Å². The summed E-state index contributed by atoms with van der Waals surface area (Å²) < 4.78 is 5.22. The smallest absolute Gasteiger partial charge is 0.229 e. The summed E-state index contributed by atoms with van der Waals surface area (Å²) in [6.45, 7) is 1.80. The van der Waals surface area contributed by atoms with E-state index in [0.29, 0.717) is 11.6 Å². The molecule has 0 bridgehead atoms. The van der Waals surface area contributed by atoms with Gasteiger partial charge in [0, 0.05) is 12.3 Å². The van der Waals surface area contributed by atoms with Crippen LogP contribution in [0.2, 0.25) is 0 Å². The van der Waals surface area contributed by atoms with Crippen LogP contribution in [0.1, 0.15) is 23.4 Å². The molecule has 1 aromatic heterocycles. The molecule has 0 atom stereocenters. The van der Waals surface area contributed by atoms with E-state index in [1.165, 1.54) is 11.3 Å². The number of rotatable bonds is 5. The largest absolute Gasteiger partial charge is 0.497 e. The fourth-order valence-corrected chi connectivity index (χ4v) is 3.40. The monoisotopic (exact) mass is 368 g/mol. The first-order valence-corrected chi connectivity index (χ1v) is 8.53. The van der Waals surface area contributed by atoms with Crippen molar-refractivity contribution in [2.75, 3.05) is 25.5 Å². The number of carbonyl (C=O) groups excluding carboxylic acids is 1. The standard InChI is InChI=1S/C16H20N4O2S.ClH/c1-22-13-4-2-3-11(9-13)10-14-19-20-16(23-14)18-15(21)12-5-7-17-8-6-12;/h2-4,9,12,17H,5-8,10H2,1H3,(H,18,20,21);1H. The van der Waals surface area contributed by atoms with Crippen LogP contribution < -0.4 is 15.4 Å². The van der Waals surface area contributed by atoms with Gasteiger partial charge < -0.3 is 15.4 Å². The molecule has 1 fully saturated rings. The minimum absolute atomic E-state index is 0. The van der Waals surface area contributed by atoms with E-state index in [4.69, 9.17) is 4.74 Å². The van der Waals surface area contributed by atoms with Crippen LogP contribution in [-0.4, -0.2) is 36.3 Å². The van der Waals surface area contributed by atoms with Crippen molar-refractivity contribution in [3.8, 4) is 5.75 Å². The lowest BCUT2D eigenvalue weighted by Crippen LogP contribution is -2.34. The Bertz CT molecular complexity index is 674. The van der Waals surface area contributed by atoms with Crippen LogP contribution in [0.4, 0.5) is 5.13 Å². The Kier molecular flexibility index (Phi) is 6.96. The summed E-state index contributed by atoms with van der Waals surface area (Å²) in [7, 11) is 1.65. The molecular weight excluding hydrogens is 348 g/mol. The van der Waals surface area contributed by atoms with E-state index in [9.17, 15) is 4.79 Å². The second-order valence-electron chi connectivity index (χ2n) is 5.54. The number of amides is 1. The molecule has 6 nitrogen and oxygen atoms in total. The van der Waals surface area contributed by atoms with Gasteiger partial charge >= 0.3 is 0 Å². The highest BCUT2D eigenvalue weighted by Gasteiger charge is 2.21. The number of piperidine rings is 1. The Balaban J connectivity index is 0.00000208. The summed E-state index contributed by atoms with van der Waals surface area (Å²) in [4.78, 5) is 12.2. The van der Waals surface area contributed by atoms with Crippen molar-refractivity contribution in [2.45, 2.75) is 19.3 Å². The highest BCUT2D eigenvalue weighted by molar-refractivity contribution is 7.15. The molecule has 1 saturated heterocycles. The minimum Gasteiger partial charge on any atom is -0.497 e. The molecular formula is C16H21ClN4O2S. The number of methoxy groups -OCH3 is 1. The molecule has 3 rings (SSSR count). The molecule has 2 heterocycles. The Morgan fingerprint density at radius 1 is 1.38 bits per heavy atom. The van der Waals surface area contributed by atoms with E-state index in [-0.39, 0.29) is 24.2 Å². The minimum atomic E-state index is 0. The molecule has 0 aliphatic carbocycles. The van der Waals surface area contributed by atoms with Crippen LogP contribution >= 0.6 is 23.7 Å². The van der Waals surface area contributed by atoms with Gasteiger partial charge in [-0.2, -0.15) is 0 Å². The topological polar surface area (TPSA) is 76.1 Å². The first-order chi connectivity index (χ1) is 11.2. The van der Waals surface area contributed by atoms with Gasteiger partial charge in [-0.05, 0) is 43.6 Å². The first-order valence-electron chi connectivity index (χ1n) is 7.71. The van der Waals surface area contributed by atoms with E-state index in [2.05, 4.69) is 20.8 Å². The van der Waals surface area contributed by atoms with Gasteiger partial charge in [-0.25, -0.2) is 0 Å². The predicted molar refractivity (Wildman–Crippen MR) is 97.2 cm³/mol. The molecule has 24 heavy (non-hydrogen) atoms. The normalized spacial score (nSPS) is 14.7. The lowest BCUT2D eigenvalue weighted by Gasteiger charge is -2.20. The van der Waals surface area contributed by atoms with Gasteiger partial charge in [0.2, 0.25) is 11.0 Å². The predicted octanol–water partition coefficient (Wildman–Crippen LogP) is 2.50. The number of halogens is 1. The van der Waals surface area contributed by atoms with Crippen LogP contribution in [0, 0.1) is 5.92 Å². The van der Waals surface area contributed by atoms with Gasteiger partial charge in [0.05, 0.1) is 7.11 Å². The van der Waals surface area contributed by atoms with Gasteiger partial charge in [0.1, 0.15) is 10.8 Å². The molecule has 1 aromatic carbocycles. The fourth-order valence-electron chi connectivity index (χ4n) is 2.62. The van der Waals surface area contributed by atoms with Crippen LogP contribution in [0.5, 0.6) is 5.75 Å². The molecule has 1 aliphatic rings. The number of nitrogens with zero attached hydrogens (tertiary/aromatic N) is 2. The third kappa shape index (κ3) is 4.90. The van der Waals surface area contributed by atoms with E-state index < -0.39 is 0 Å². The van der Waals surface area contributed by atoms with Crippen LogP contribution in [0.25, 0.3) is 0 Å². The van der Waals surface area contributed by atoms with Crippen molar-refractivity contribution in [3.05, 3.63) is 34.8 Å². The number of ether oxygens (including phenoxy) is 1. The molecule has 2 aromatic rings. The maximum absolute atomic E-state index is 12.2. The molecule has 130 valence electrons. The molecule has 0 saturated carbocycles. The molecule has 0 spiro atoms. The van der Waals surface area contributed by atoms with Crippen LogP contribution in [0.15, 0.2) is 24.3 Å². The zero-order valence-corrected chi connectivity index (χ0v) is 15.1. The van der Waals surface area contributed by atoms with Crippen molar-refractivity contribution in [1.29, 1.82) is 0 Å². The van der Waals surface area contributed by atoms with Gasteiger partial charge in [-0.1, -0.05) is 23.5 Å². The summed E-state index contributed by atoms with van der Waals surface area (Å²) >= 11 is 1.42. The zero-order valence-electron chi connectivity index (χ0n) is 13.4. The average Bonchev–Trinajstić information content (AvgIpc) is 3.02. The third-order valence-electron chi connectivity index (χ3n) is 3.90. The number of benzene rings is 1. The summed E-state index contributed by atoms with van der Waals surface area (Å²) in [5, 5.41) is 15.8. The maximum Gasteiger partial charge on any atom is 0.229 e. The lowest BCUT2D eigenvalue weighted by molar-refractivity contribution is -0.120. The molecule has 8 heteroatoms. The Labute approximate surface area is 151 Å². The fraction of sp³-hybridized carbons (Fsp3) is 0.438. The average molecular weight is 369 g/mol. The molecule has 0 unspecified atom stereocenters. The summed E-state index contributed by atoms with van der Waals surface area (Å²) in [6, 6.07) is 7.87. The summed E-state index contributed by atoms with van der Waals surface area (Å²) in [5.41, 5.74) is 1.11. The summed E-state index contributed by atoms with van der Waals surface area (Å²) in [5.74, 6) is 0.948. The second kappa shape index (κ2) is 8.96. The van der Waals surface area contributed by atoms with E-state index in [0.717, 1.165) is 42.3 Å². The number of carbonyl (C=O) groups is 1. The second-order valence-corrected chi connectivity index (χ2v) is 6.60. The SMILES string of the molecule is COc1cccc(Cc2nnc(NC(=O)C3CCNCC3)s2)c1.Cl. The maximum atomic E-state index is 12.2. The number of hydrogen-bond donors (Lipinski definition) is 2. The molecule has 1 aliphatic heterocycles. The van der Waals surface area contributed by atoms with Crippen molar-refractivity contribution >= 4 is 34.8 Å². The number of anilines is 1. The van der Waals surface area contributed by atoms with Gasteiger partial charge in [0.25, 0.3) is 0 Å². The lowest BCUT2D eigenvalue weighted by atomic mass is 9.97. The van der Waals surface area contributed by atoms with Gasteiger partial charge in [-0.15, -0.1) is 22.6 Å². The molecule has 2 N–H and O–H groups in total. The third-order valence-corrected chi connectivity index (χ3v) is 4.74. The number of nitrogens with one attached hydrogen (secondary N) is 2. The molecule has 0 radical (unpaired) electrons. The highest BCUT2D eigenvalue weighted by Crippen LogP contribution is 2.22. The zero-order chi connectivity index (χ0) is 16.1. The van der Waals surface area contributed by atoms with E-state index in [1.54, 1.807) is 7.11 Å². The first kappa shape index (κ1) is 18.6. The molecule has 1 amide bonds.